The lowest BCUT2D eigenvalue weighted by Crippen LogP contribution is -2.49. The number of unbranched alkanes of at least 4 members (excludes halogenated alkanes) is 14. The molecule has 9 nitrogen and oxygen atoms in total. The van der Waals surface area contributed by atoms with Crippen molar-refractivity contribution in [3.63, 3.8) is 0 Å². The number of fused-ring (bicyclic) bond motifs is 1. The molecule has 2 aliphatic rings. The molecule has 10 heteroatoms. The maximum Gasteiger partial charge on any atom is 0.341 e. The molecule has 2 aromatic rings. The highest BCUT2D eigenvalue weighted by molar-refractivity contribution is 5.97. The van der Waals surface area contributed by atoms with Gasteiger partial charge in [0.2, 0.25) is 5.43 Å². The molecule has 2 heterocycles. The fraction of sp³-hybridized carbons (Fsp3) is 0.703. The van der Waals surface area contributed by atoms with Crippen molar-refractivity contribution in [1.82, 2.24) is 9.88 Å². The van der Waals surface area contributed by atoms with Gasteiger partial charge in [-0.1, -0.05) is 96.8 Å². The van der Waals surface area contributed by atoms with Gasteiger partial charge in [0, 0.05) is 44.3 Å². The van der Waals surface area contributed by atoms with Gasteiger partial charge < -0.3 is 29.7 Å². The number of hydrogen-bond donors (Lipinski definition) is 3. The summed E-state index contributed by atoms with van der Waals surface area (Å²) in [6, 6.07) is 1.45. The minimum atomic E-state index is -1.31. The standard InChI is InChI=1S/C19H22FN3O4.C18H36O2/c1-10-8-22(6-5-21-10)16-14(20)7-12-15(18(16)27-2)23(11-3-4-11)9-13(17(12)24)19(25)26;1-2-3-4-5-6-7-8-9-10-11-12-13-14-15-16-17-18(19)20/h7,9-11,21H,3-6,8H2,1-2H3,(H,25,26);2-17H2,1H3,(H,19,20). The molecule has 0 bridgehead atoms. The number of nitrogens with one attached hydrogen (secondary N) is 1. The number of carboxylic acid groups (broad SMARTS) is 2. The average molecular weight is 660 g/mol. The predicted molar refractivity (Wildman–Crippen MR) is 187 cm³/mol. The maximum atomic E-state index is 15.1. The third kappa shape index (κ3) is 12.1. The highest BCUT2D eigenvalue weighted by Crippen LogP contribution is 2.43. The van der Waals surface area contributed by atoms with Gasteiger partial charge in [-0.05, 0) is 32.3 Å². The van der Waals surface area contributed by atoms with E-state index in [9.17, 15) is 19.5 Å². The SMILES string of the molecule is CCCCCCCCCCCCCCCCCC(=O)O.COc1c(N2CCNC(C)C2)c(F)cc2c(=O)c(C(=O)O)cn(C3CC3)c12. The number of nitrogens with zero attached hydrogens (tertiary/aromatic N) is 2. The quantitative estimate of drug-likeness (QED) is 0.121. The van der Waals surface area contributed by atoms with Crippen LogP contribution in [0.25, 0.3) is 10.9 Å². The van der Waals surface area contributed by atoms with Gasteiger partial charge in [-0.2, -0.15) is 0 Å². The number of methoxy groups -OCH3 is 1. The molecule has 1 aromatic carbocycles. The van der Waals surface area contributed by atoms with Crippen LogP contribution in [0.5, 0.6) is 5.75 Å². The molecule has 264 valence electrons. The minimum absolute atomic E-state index is 0.0445. The maximum absolute atomic E-state index is 15.1. The molecule has 0 amide bonds. The fourth-order valence-corrected chi connectivity index (χ4v) is 6.51. The number of piperazine rings is 1. The van der Waals surface area contributed by atoms with Crippen LogP contribution in [-0.4, -0.2) is 59.5 Å². The summed E-state index contributed by atoms with van der Waals surface area (Å²) < 4.78 is 22.5. The van der Waals surface area contributed by atoms with Crippen molar-refractivity contribution in [1.29, 1.82) is 0 Å². The van der Waals surface area contributed by atoms with Gasteiger partial charge in [0.15, 0.2) is 11.6 Å². The highest BCUT2D eigenvalue weighted by atomic mass is 19.1. The van der Waals surface area contributed by atoms with Gasteiger partial charge in [0.05, 0.1) is 18.0 Å². The number of rotatable bonds is 20. The van der Waals surface area contributed by atoms with Crippen LogP contribution in [0.15, 0.2) is 17.1 Å². The van der Waals surface area contributed by atoms with Gasteiger partial charge in [0.25, 0.3) is 0 Å². The van der Waals surface area contributed by atoms with E-state index in [0.29, 0.717) is 36.5 Å². The Morgan fingerprint density at radius 2 is 1.49 bits per heavy atom. The second-order valence-electron chi connectivity index (χ2n) is 13.3. The molecular weight excluding hydrogens is 601 g/mol. The lowest BCUT2D eigenvalue weighted by atomic mass is 10.0. The molecule has 1 aliphatic carbocycles. The lowest BCUT2D eigenvalue weighted by Gasteiger charge is -2.35. The Kier molecular flexibility index (Phi) is 16.5. The highest BCUT2D eigenvalue weighted by Gasteiger charge is 2.32. The van der Waals surface area contributed by atoms with Gasteiger partial charge in [-0.3, -0.25) is 9.59 Å². The summed E-state index contributed by atoms with van der Waals surface area (Å²) in [6.07, 6.45) is 23.3. The first-order valence-electron chi connectivity index (χ1n) is 18.1. The van der Waals surface area contributed by atoms with Crippen molar-refractivity contribution < 1.29 is 28.9 Å². The number of anilines is 1. The number of halogens is 1. The fourth-order valence-electron chi connectivity index (χ4n) is 6.51. The number of pyridine rings is 1. The van der Waals surface area contributed by atoms with Crippen LogP contribution >= 0.6 is 0 Å². The molecule has 1 aliphatic heterocycles. The van der Waals surface area contributed by atoms with Crippen molar-refractivity contribution in [3.05, 3.63) is 33.9 Å². The number of carboxylic acids is 2. The van der Waals surface area contributed by atoms with E-state index in [2.05, 4.69) is 12.2 Å². The molecule has 47 heavy (non-hydrogen) atoms. The van der Waals surface area contributed by atoms with Gasteiger partial charge in [0.1, 0.15) is 11.3 Å². The van der Waals surface area contributed by atoms with Crippen molar-refractivity contribution in [2.45, 2.75) is 142 Å². The van der Waals surface area contributed by atoms with Crippen molar-refractivity contribution >= 4 is 28.5 Å². The molecule has 1 unspecified atom stereocenters. The third-order valence-corrected chi connectivity index (χ3v) is 9.25. The largest absolute Gasteiger partial charge is 0.492 e. The van der Waals surface area contributed by atoms with Crippen LogP contribution in [0.2, 0.25) is 0 Å². The zero-order chi connectivity index (χ0) is 34.2. The molecular formula is C37H58FN3O6. The Hall–Kier alpha value is -3.14. The monoisotopic (exact) mass is 659 g/mol. The molecule has 1 saturated carbocycles. The molecule has 1 atom stereocenters. The van der Waals surface area contributed by atoms with Gasteiger partial charge >= 0.3 is 11.9 Å². The molecule has 0 spiro atoms. The second kappa shape index (κ2) is 20.3. The number of aromatic nitrogens is 1. The summed E-state index contributed by atoms with van der Waals surface area (Å²) in [6.45, 7) is 6.24. The Labute approximate surface area is 279 Å². The van der Waals surface area contributed by atoms with E-state index in [1.165, 1.54) is 96.8 Å². The second-order valence-corrected chi connectivity index (χ2v) is 13.3. The first-order valence-corrected chi connectivity index (χ1v) is 18.1. The van der Waals surface area contributed by atoms with E-state index in [0.717, 1.165) is 38.3 Å². The topological polar surface area (TPSA) is 121 Å². The predicted octanol–water partition coefficient (Wildman–Crippen LogP) is 8.31. The first kappa shape index (κ1) is 38.3. The zero-order valence-corrected chi connectivity index (χ0v) is 29.0. The number of benzene rings is 1. The van der Waals surface area contributed by atoms with Crippen molar-refractivity contribution in [2.75, 3.05) is 31.6 Å². The molecule has 3 N–H and O–H groups in total. The van der Waals surface area contributed by atoms with Gasteiger partial charge in [-0.15, -0.1) is 0 Å². The third-order valence-electron chi connectivity index (χ3n) is 9.25. The summed E-state index contributed by atoms with van der Waals surface area (Å²) in [7, 11) is 1.45. The van der Waals surface area contributed by atoms with Crippen LogP contribution in [-0.2, 0) is 4.79 Å². The Bertz CT molecular complexity index is 1340. The van der Waals surface area contributed by atoms with Gasteiger partial charge in [-0.25, -0.2) is 9.18 Å². The molecule has 1 saturated heterocycles. The number of ether oxygens (including phenoxy) is 1. The zero-order valence-electron chi connectivity index (χ0n) is 29.0. The van der Waals surface area contributed by atoms with Crippen molar-refractivity contribution in [2.24, 2.45) is 0 Å². The van der Waals surface area contributed by atoms with E-state index < -0.39 is 23.2 Å². The normalized spacial score (nSPS) is 16.2. The Morgan fingerprint density at radius 1 is 0.936 bits per heavy atom. The van der Waals surface area contributed by atoms with Crippen LogP contribution in [0.4, 0.5) is 10.1 Å². The van der Waals surface area contributed by atoms with E-state index in [1.807, 2.05) is 11.8 Å². The summed E-state index contributed by atoms with van der Waals surface area (Å²) in [5.74, 6) is -2.24. The Balaban J connectivity index is 0.000000270. The lowest BCUT2D eigenvalue weighted by molar-refractivity contribution is -0.137. The summed E-state index contributed by atoms with van der Waals surface area (Å²) in [4.78, 5) is 36.4. The smallest absolute Gasteiger partial charge is 0.341 e. The van der Waals surface area contributed by atoms with E-state index in [-0.39, 0.29) is 23.0 Å². The van der Waals surface area contributed by atoms with E-state index >= 15 is 4.39 Å². The number of aromatic carboxylic acids is 1. The van der Waals surface area contributed by atoms with Crippen LogP contribution in [0, 0.1) is 5.82 Å². The van der Waals surface area contributed by atoms with E-state index in [1.54, 1.807) is 4.57 Å². The summed E-state index contributed by atoms with van der Waals surface area (Å²) >= 11 is 0. The molecule has 0 radical (unpaired) electrons. The summed E-state index contributed by atoms with van der Waals surface area (Å²) in [5.41, 5.74) is -0.237. The van der Waals surface area contributed by atoms with E-state index in [4.69, 9.17) is 9.84 Å². The number of hydrogen-bond acceptors (Lipinski definition) is 6. The average Bonchev–Trinajstić information content (AvgIpc) is 3.88. The minimum Gasteiger partial charge on any atom is -0.492 e. The molecule has 4 rings (SSSR count). The Morgan fingerprint density at radius 3 is 1.96 bits per heavy atom. The van der Waals surface area contributed by atoms with Crippen LogP contribution < -0.4 is 20.4 Å². The van der Waals surface area contributed by atoms with Crippen molar-refractivity contribution in [3.8, 4) is 5.75 Å². The molecule has 2 fully saturated rings. The molecule has 1 aromatic heterocycles. The number of aliphatic carboxylic acids is 1. The summed E-state index contributed by atoms with van der Waals surface area (Å²) in [5, 5.41) is 21.3. The first-order chi connectivity index (χ1) is 22.7. The van der Waals surface area contributed by atoms with Crippen LogP contribution in [0.1, 0.15) is 146 Å². The van der Waals surface area contributed by atoms with Crippen LogP contribution in [0.3, 0.4) is 0 Å². The number of carbonyl (C=O) groups is 2.